The summed E-state index contributed by atoms with van der Waals surface area (Å²) in [5.41, 5.74) is 2.89. The third-order valence-corrected chi connectivity index (χ3v) is 5.13. The molecule has 0 saturated heterocycles. The highest BCUT2D eigenvalue weighted by atomic mass is 32.2. The van der Waals surface area contributed by atoms with Gasteiger partial charge in [0, 0.05) is 10.6 Å². The maximum atomic E-state index is 12.4. The zero-order valence-electron chi connectivity index (χ0n) is 12.5. The van der Waals surface area contributed by atoms with Crippen LogP contribution in [0.15, 0.2) is 53.4 Å². The number of para-hydroxylation sites is 1. The number of nitrogens with zero attached hydrogens (tertiary/aromatic N) is 3. The molecule has 23 heavy (non-hydrogen) atoms. The van der Waals surface area contributed by atoms with E-state index in [9.17, 15) is 4.79 Å². The van der Waals surface area contributed by atoms with E-state index in [0.717, 1.165) is 23.2 Å². The molecule has 3 aromatic rings. The molecule has 1 amide bonds. The van der Waals surface area contributed by atoms with Crippen molar-refractivity contribution in [2.45, 2.75) is 23.9 Å². The van der Waals surface area contributed by atoms with Crippen LogP contribution in [0.25, 0.3) is 11.0 Å². The molecule has 0 bridgehead atoms. The van der Waals surface area contributed by atoms with Gasteiger partial charge in [0.15, 0.2) is 0 Å². The van der Waals surface area contributed by atoms with Gasteiger partial charge in [-0.25, -0.2) is 4.68 Å². The van der Waals surface area contributed by atoms with Crippen LogP contribution < -0.4 is 5.32 Å². The number of thioether (sulfide) groups is 1. The summed E-state index contributed by atoms with van der Waals surface area (Å²) >= 11 is 1.85. The van der Waals surface area contributed by atoms with Crippen molar-refractivity contribution in [3.8, 4) is 0 Å². The molecule has 0 aliphatic carbocycles. The van der Waals surface area contributed by atoms with Crippen molar-refractivity contribution in [2.24, 2.45) is 0 Å². The Kier molecular flexibility index (Phi) is 3.75. The smallest absolute Gasteiger partial charge is 0.242 e. The molecule has 1 aliphatic heterocycles. The summed E-state index contributed by atoms with van der Waals surface area (Å²) in [4.78, 5) is 13.7. The van der Waals surface area contributed by atoms with Crippen LogP contribution in [0.5, 0.6) is 0 Å². The Balaban J connectivity index is 1.51. The first-order chi connectivity index (χ1) is 11.3. The molecule has 0 saturated carbocycles. The molecular weight excluding hydrogens is 308 g/mol. The molecule has 1 unspecified atom stereocenters. The minimum Gasteiger partial charge on any atom is -0.348 e. The second kappa shape index (κ2) is 6.04. The molecular formula is C17H16N4OS. The fourth-order valence-corrected chi connectivity index (χ4v) is 4.03. The number of carbonyl (C=O) groups is 1. The summed E-state index contributed by atoms with van der Waals surface area (Å²) in [5.74, 6) is 0.987. The summed E-state index contributed by atoms with van der Waals surface area (Å²) < 4.78 is 1.65. The van der Waals surface area contributed by atoms with Crippen LogP contribution in [0.1, 0.15) is 18.0 Å². The first-order valence-electron chi connectivity index (χ1n) is 7.60. The Morgan fingerprint density at radius 1 is 1.22 bits per heavy atom. The molecule has 0 fully saturated rings. The minimum absolute atomic E-state index is 0.0349. The Bertz CT molecular complexity index is 860. The first-order valence-corrected chi connectivity index (χ1v) is 8.59. The van der Waals surface area contributed by atoms with E-state index in [1.165, 1.54) is 10.5 Å². The first kappa shape index (κ1) is 14.3. The second-order valence-electron chi connectivity index (χ2n) is 5.53. The fourth-order valence-electron chi connectivity index (χ4n) is 2.90. The van der Waals surface area contributed by atoms with Crippen molar-refractivity contribution in [1.29, 1.82) is 0 Å². The van der Waals surface area contributed by atoms with Crippen LogP contribution in [0.4, 0.5) is 0 Å². The lowest BCUT2D eigenvalue weighted by Crippen LogP contribution is -2.33. The number of hydrogen-bond donors (Lipinski definition) is 1. The SMILES string of the molecule is O=C(Cn1nnc2ccccc21)NC1CCSc2ccccc21. The van der Waals surface area contributed by atoms with E-state index in [2.05, 4.69) is 27.8 Å². The predicted molar refractivity (Wildman–Crippen MR) is 90.2 cm³/mol. The maximum Gasteiger partial charge on any atom is 0.242 e. The highest BCUT2D eigenvalue weighted by molar-refractivity contribution is 7.99. The monoisotopic (exact) mass is 324 g/mol. The largest absolute Gasteiger partial charge is 0.348 e. The van der Waals surface area contributed by atoms with Gasteiger partial charge in [0.05, 0.1) is 11.6 Å². The molecule has 1 aliphatic rings. The number of rotatable bonds is 3. The van der Waals surface area contributed by atoms with Gasteiger partial charge in [0.1, 0.15) is 12.1 Å². The maximum absolute atomic E-state index is 12.4. The van der Waals surface area contributed by atoms with E-state index in [1.807, 2.05) is 48.2 Å². The summed E-state index contributed by atoms with van der Waals surface area (Å²) in [7, 11) is 0. The summed E-state index contributed by atoms with van der Waals surface area (Å²) in [6.45, 7) is 0.187. The quantitative estimate of drug-likeness (QED) is 0.805. The Morgan fingerprint density at radius 3 is 3.00 bits per heavy atom. The van der Waals surface area contributed by atoms with Gasteiger partial charge in [-0.15, -0.1) is 16.9 Å². The number of hydrogen-bond acceptors (Lipinski definition) is 4. The zero-order valence-corrected chi connectivity index (χ0v) is 13.3. The molecule has 5 nitrogen and oxygen atoms in total. The van der Waals surface area contributed by atoms with E-state index < -0.39 is 0 Å². The average Bonchev–Trinajstić information content (AvgIpc) is 2.98. The number of amides is 1. The number of carbonyl (C=O) groups excluding carboxylic acids is 1. The summed E-state index contributed by atoms with van der Waals surface area (Å²) in [5, 5.41) is 11.3. The van der Waals surface area contributed by atoms with Gasteiger partial charge in [-0.3, -0.25) is 4.79 Å². The van der Waals surface area contributed by atoms with E-state index in [1.54, 1.807) is 4.68 Å². The Labute approximate surface area is 138 Å². The van der Waals surface area contributed by atoms with Crippen LogP contribution in [0.3, 0.4) is 0 Å². The van der Waals surface area contributed by atoms with Gasteiger partial charge < -0.3 is 5.32 Å². The van der Waals surface area contributed by atoms with Gasteiger partial charge in [-0.05, 0) is 30.2 Å². The number of aromatic nitrogens is 3. The topological polar surface area (TPSA) is 59.8 Å². The standard InChI is InChI=1S/C17H16N4OS/c22-17(11-21-15-7-3-2-6-14(15)19-20-21)18-13-9-10-23-16-8-4-1-5-12(13)16/h1-8,13H,9-11H2,(H,18,22). The van der Waals surface area contributed by atoms with Gasteiger partial charge in [0.25, 0.3) is 0 Å². The van der Waals surface area contributed by atoms with Crippen molar-refractivity contribution in [2.75, 3.05) is 5.75 Å². The lowest BCUT2D eigenvalue weighted by Gasteiger charge is -2.25. The number of benzene rings is 2. The van der Waals surface area contributed by atoms with E-state index in [4.69, 9.17) is 0 Å². The zero-order chi connectivity index (χ0) is 15.6. The van der Waals surface area contributed by atoms with Crippen molar-refractivity contribution in [3.05, 3.63) is 54.1 Å². The Hall–Kier alpha value is -2.34. The van der Waals surface area contributed by atoms with Gasteiger partial charge in [-0.2, -0.15) is 0 Å². The summed E-state index contributed by atoms with van der Waals surface area (Å²) in [6.07, 6.45) is 0.950. The lowest BCUT2D eigenvalue weighted by atomic mass is 10.0. The van der Waals surface area contributed by atoms with Crippen LogP contribution in [-0.4, -0.2) is 26.7 Å². The number of nitrogens with one attached hydrogen (secondary N) is 1. The van der Waals surface area contributed by atoms with Crippen LogP contribution in [0, 0.1) is 0 Å². The summed E-state index contributed by atoms with van der Waals surface area (Å²) in [6, 6.07) is 16.0. The van der Waals surface area contributed by atoms with Crippen molar-refractivity contribution in [3.63, 3.8) is 0 Å². The van der Waals surface area contributed by atoms with Crippen LogP contribution >= 0.6 is 11.8 Å². The Morgan fingerprint density at radius 2 is 2.04 bits per heavy atom. The van der Waals surface area contributed by atoms with Crippen molar-refractivity contribution >= 4 is 28.7 Å². The molecule has 2 heterocycles. The van der Waals surface area contributed by atoms with Gasteiger partial charge >= 0.3 is 0 Å². The fraction of sp³-hybridized carbons (Fsp3) is 0.235. The molecule has 1 atom stereocenters. The van der Waals surface area contributed by atoms with Crippen molar-refractivity contribution in [1.82, 2.24) is 20.3 Å². The van der Waals surface area contributed by atoms with E-state index >= 15 is 0 Å². The van der Waals surface area contributed by atoms with E-state index in [0.29, 0.717) is 0 Å². The molecule has 116 valence electrons. The average molecular weight is 324 g/mol. The third kappa shape index (κ3) is 2.82. The second-order valence-corrected chi connectivity index (χ2v) is 6.67. The molecule has 4 rings (SSSR count). The van der Waals surface area contributed by atoms with Crippen LogP contribution in [0.2, 0.25) is 0 Å². The molecule has 6 heteroatoms. The highest BCUT2D eigenvalue weighted by Crippen LogP contribution is 2.35. The minimum atomic E-state index is -0.0349. The molecule has 1 N–H and O–H groups in total. The normalized spacial score (nSPS) is 17.0. The van der Waals surface area contributed by atoms with Crippen molar-refractivity contribution < 1.29 is 4.79 Å². The molecule has 1 aromatic heterocycles. The van der Waals surface area contributed by atoms with Gasteiger partial charge in [-0.1, -0.05) is 35.5 Å². The predicted octanol–water partition coefficient (Wildman–Crippen LogP) is 2.78. The molecule has 2 aromatic carbocycles. The molecule has 0 spiro atoms. The third-order valence-electron chi connectivity index (χ3n) is 4.01. The number of fused-ring (bicyclic) bond motifs is 2. The highest BCUT2D eigenvalue weighted by Gasteiger charge is 2.22. The van der Waals surface area contributed by atoms with Crippen LogP contribution in [-0.2, 0) is 11.3 Å². The molecule has 0 radical (unpaired) electrons. The van der Waals surface area contributed by atoms with Gasteiger partial charge in [0.2, 0.25) is 5.91 Å². The lowest BCUT2D eigenvalue weighted by molar-refractivity contribution is -0.122. The van der Waals surface area contributed by atoms with E-state index in [-0.39, 0.29) is 18.5 Å².